The van der Waals surface area contributed by atoms with Crippen molar-refractivity contribution in [3.63, 3.8) is 0 Å². The highest BCUT2D eigenvalue weighted by atomic mass is 35.5. The van der Waals surface area contributed by atoms with Crippen LogP contribution in [0.15, 0.2) is 29.2 Å². The summed E-state index contributed by atoms with van der Waals surface area (Å²) in [5, 5.41) is 2.76. The lowest BCUT2D eigenvalue weighted by atomic mass is 10.3. The topological polar surface area (TPSA) is 32.7 Å². The fourth-order valence-electron chi connectivity index (χ4n) is 0.691. The van der Waals surface area contributed by atoms with Crippen LogP contribution in [0, 0.1) is 4.91 Å². The summed E-state index contributed by atoms with van der Waals surface area (Å²) in [6, 6.07) is 0. The SMILES string of the molecule is CN1C=C(N=O)C=CC1Cl. The number of nitroso groups, excluding NO2 is 1. The normalized spacial score (nSPS) is 24.4. The number of halogens is 1. The van der Waals surface area contributed by atoms with Crippen molar-refractivity contribution in [2.45, 2.75) is 5.50 Å². The molecular formula is C6H7ClN2O. The molecule has 0 radical (unpaired) electrons. The Morgan fingerprint density at radius 2 is 2.50 bits per heavy atom. The largest absolute Gasteiger partial charge is 0.359 e. The van der Waals surface area contributed by atoms with Gasteiger partial charge in [-0.2, -0.15) is 0 Å². The van der Waals surface area contributed by atoms with Crippen molar-refractivity contribution in [1.82, 2.24) is 4.90 Å². The molecule has 3 nitrogen and oxygen atoms in total. The van der Waals surface area contributed by atoms with Gasteiger partial charge in [-0.25, -0.2) is 0 Å². The highest BCUT2D eigenvalue weighted by Gasteiger charge is 2.09. The van der Waals surface area contributed by atoms with E-state index in [-0.39, 0.29) is 5.50 Å². The zero-order valence-corrected chi connectivity index (χ0v) is 6.25. The van der Waals surface area contributed by atoms with E-state index in [2.05, 4.69) is 5.18 Å². The number of nitrogens with zero attached hydrogens (tertiary/aromatic N) is 2. The second-order valence-electron chi connectivity index (χ2n) is 2.04. The molecule has 0 N–H and O–H groups in total. The number of allylic oxidation sites excluding steroid dienone is 1. The van der Waals surface area contributed by atoms with E-state index in [9.17, 15) is 4.91 Å². The maximum absolute atomic E-state index is 9.97. The molecule has 1 rings (SSSR count). The molecule has 54 valence electrons. The van der Waals surface area contributed by atoms with Crippen molar-refractivity contribution in [2.24, 2.45) is 5.18 Å². The van der Waals surface area contributed by atoms with Gasteiger partial charge in [0, 0.05) is 13.2 Å². The Bertz CT molecular complexity index is 200. The van der Waals surface area contributed by atoms with Gasteiger partial charge in [0.05, 0.1) is 0 Å². The fourth-order valence-corrected chi connectivity index (χ4v) is 0.820. The van der Waals surface area contributed by atoms with Gasteiger partial charge in [0.15, 0.2) is 0 Å². The number of hydrogen-bond acceptors (Lipinski definition) is 3. The highest BCUT2D eigenvalue weighted by Crippen LogP contribution is 2.14. The quantitative estimate of drug-likeness (QED) is 0.330. The van der Waals surface area contributed by atoms with Gasteiger partial charge in [0.1, 0.15) is 11.2 Å². The van der Waals surface area contributed by atoms with Gasteiger partial charge < -0.3 is 4.90 Å². The number of rotatable bonds is 1. The molecule has 0 aliphatic carbocycles. The van der Waals surface area contributed by atoms with E-state index in [4.69, 9.17) is 11.6 Å². The van der Waals surface area contributed by atoms with Crippen LogP contribution in [0.25, 0.3) is 0 Å². The zero-order valence-electron chi connectivity index (χ0n) is 5.49. The lowest BCUT2D eigenvalue weighted by Crippen LogP contribution is -2.21. The first-order valence-corrected chi connectivity index (χ1v) is 3.27. The van der Waals surface area contributed by atoms with Crippen molar-refractivity contribution >= 4 is 11.6 Å². The third kappa shape index (κ3) is 1.36. The van der Waals surface area contributed by atoms with Crippen molar-refractivity contribution in [2.75, 3.05) is 7.05 Å². The van der Waals surface area contributed by atoms with E-state index in [1.54, 1.807) is 30.3 Å². The molecule has 1 unspecified atom stereocenters. The number of alkyl halides is 1. The molecule has 0 saturated carbocycles. The molecule has 1 heterocycles. The molecule has 0 fully saturated rings. The van der Waals surface area contributed by atoms with Gasteiger partial charge >= 0.3 is 0 Å². The third-order valence-electron chi connectivity index (χ3n) is 1.26. The molecule has 4 heteroatoms. The average Bonchev–Trinajstić information content (AvgIpc) is 1.95. The van der Waals surface area contributed by atoms with Gasteiger partial charge in [-0.15, -0.1) is 4.91 Å². The van der Waals surface area contributed by atoms with Crippen LogP contribution in [-0.4, -0.2) is 17.4 Å². The zero-order chi connectivity index (χ0) is 7.56. The molecule has 1 aliphatic rings. The summed E-state index contributed by atoms with van der Waals surface area (Å²) < 4.78 is 0. The number of likely N-dealkylation sites (N-methyl/N-ethyl adjacent to an activating group) is 1. The van der Waals surface area contributed by atoms with Crippen LogP contribution in [0.5, 0.6) is 0 Å². The third-order valence-corrected chi connectivity index (χ3v) is 1.71. The maximum atomic E-state index is 9.97. The van der Waals surface area contributed by atoms with Gasteiger partial charge in [-0.1, -0.05) is 11.6 Å². The molecule has 0 saturated heterocycles. The minimum absolute atomic E-state index is 0.162. The maximum Gasteiger partial charge on any atom is 0.123 e. The summed E-state index contributed by atoms with van der Waals surface area (Å²) in [5.74, 6) is 0. The minimum Gasteiger partial charge on any atom is -0.359 e. The number of hydrogen-bond donors (Lipinski definition) is 0. The van der Waals surface area contributed by atoms with Crippen LogP contribution >= 0.6 is 11.6 Å². The summed E-state index contributed by atoms with van der Waals surface area (Å²) >= 11 is 5.74. The molecule has 0 amide bonds. The second kappa shape index (κ2) is 2.84. The van der Waals surface area contributed by atoms with Crippen LogP contribution in [0.3, 0.4) is 0 Å². The molecule has 0 aromatic rings. The summed E-state index contributed by atoms with van der Waals surface area (Å²) in [4.78, 5) is 11.7. The summed E-state index contributed by atoms with van der Waals surface area (Å²) in [6.07, 6.45) is 4.91. The van der Waals surface area contributed by atoms with E-state index >= 15 is 0 Å². The molecule has 1 atom stereocenters. The van der Waals surface area contributed by atoms with E-state index in [0.29, 0.717) is 5.70 Å². The van der Waals surface area contributed by atoms with Crippen LogP contribution in [0.2, 0.25) is 0 Å². The Balaban J connectivity index is 2.75. The average molecular weight is 159 g/mol. The predicted molar refractivity (Wildman–Crippen MR) is 40.4 cm³/mol. The van der Waals surface area contributed by atoms with Gasteiger partial charge in [-0.05, 0) is 17.3 Å². The fraction of sp³-hybridized carbons (Fsp3) is 0.333. The molecule has 0 bridgehead atoms. The predicted octanol–water partition coefficient (Wildman–Crippen LogP) is 1.66. The van der Waals surface area contributed by atoms with Crippen LogP contribution in [-0.2, 0) is 0 Å². The second-order valence-corrected chi connectivity index (χ2v) is 2.49. The first-order chi connectivity index (χ1) is 4.74. The Kier molecular flexibility index (Phi) is 2.06. The van der Waals surface area contributed by atoms with E-state index in [0.717, 1.165) is 0 Å². The molecule has 0 aromatic carbocycles. The highest BCUT2D eigenvalue weighted by molar-refractivity contribution is 6.21. The Labute approximate surface area is 63.9 Å². The summed E-state index contributed by atoms with van der Waals surface area (Å²) in [5.41, 5.74) is 0.241. The minimum atomic E-state index is -0.162. The van der Waals surface area contributed by atoms with Crippen molar-refractivity contribution in [3.8, 4) is 0 Å². The van der Waals surface area contributed by atoms with E-state index in [1.807, 2.05) is 0 Å². The van der Waals surface area contributed by atoms with E-state index in [1.165, 1.54) is 0 Å². The van der Waals surface area contributed by atoms with Gasteiger partial charge in [0.25, 0.3) is 0 Å². The molecule has 0 aromatic heterocycles. The van der Waals surface area contributed by atoms with Crippen molar-refractivity contribution in [3.05, 3.63) is 29.0 Å². The molecule has 1 aliphatic heterocycles. The molecule has 10 heavy (non-hydrogen) atoms. The Hall–Kier alpha value is -0.830. The van der Waals surface area contributed by atoms with Crippen LogP contribution in [0.1, 0.15) is 0 Å². The van der Waals surface area contributed by atoms with Crippen molar-refractivity contribution < 1.29 is 0 Å². The molecular weight excluding hydrogens is 152 g/mol. The van der Waals surface area contributed by atoms with Crippen molar-refractivity contribution in [1.29, 1.82) is 0 Å². The summed E-state index contributed by atoms with van der Waals surface area (Å²) in [6.45, 7) is 0. The van der Waals surface area contributed by atoms with Crippen LogP contribution in [0.4, 0.5) is 0 Å². The lowest BCUT2D eigenvalue weighted by molar-refractivity contribution is 0.462. The smallest absolute Gasteiger partial charge is 0.123 e. The lowest BCUT2D eigenvalue weighted by Gasteiger charge is -2.20. The molecule has 0 spiro atoms. The Morgan fingerprint density at radius 1 is 1.80 bits per heavy atom. The Morgan fingerprint density at radius 3 is 3.00 bits per heavy atom. The summed E-state index contributed by atoms with van der Waals surface area (Å²) in [7, 11) is 1.78. The van der Waals surface area contributed by atoms with Crippen LogP contribution < -0.4 is 0 Å². The van der Waals surface area contributed by atoms with E-state index < -0.39 is 0 Å². The first-order valence-electron chi connectivity index (χ1n) is 2.83. The standard InChI is InChI=1S/C6H7ClN2O/c1-9-4-5(8-10)2-3-6(9)7/h2-4,6H,1H3. The monoisotopic (exact) mass is 158 g/mol. The van der Waals surface area contributed by atoms with Gasteiger partial charge in [0.2, 0.25) is 0 Å². The van der Waals surface area contributed by atoms with Gasteiger partial charge in [-0.3, -0.25) is 0 Å². The first kappa shape index (κ1) is 7.28.